The van der Waals surface area contributed by atoms with Crippen LogP contribution >= 0.6 is 23.2 Å². The van der Waals surface area contributed by atoms with Crippen molar-refractivity contribution in [3.63, 3.8) is 0 Å². The van der Waals surface area contributed by atoms with E-state index >= 15 is 0 Å². The number of benzene rings is 2. The molecular weight excluding hydrogens is 399 g/mol. The monoisotopic (exact) mass is 410 g/mol. The number of nitrogen functional groups attached to an aromatic ring is 1. The van der Waals surface area contributed by atoms with Crippen molar-refractivity contribution in [3.8, 4) is 0 Å². The van der Waals surface area contributed by atoms with E-state index in [1.165, 1.54) is 13.0 Å². The third kappa shape index (κ3) is 6.46. The highest BCUT2D eigenvalue weighted by Gasteiger charge is 2.10. The minimum Gasteiger partial charge on any atom is -0.397 e. The van der Waals surface area contributed by atoms with Crippen molar-refractivity contribution in [1.82, 2.24) is 0 Å². The van der Waals surface area contributed by atoms with Crippen molar-refractivity contribution in [3.05, 3.63) is 52.0 Å². The Bertz CT molecular complexity index is 981. The van der Waals surface area contributed by atoms with Crippen molar-refractivity contribution in [2.45, 2.75) is 11.8 Å². The minimum atomic E-state index is -4.27. The number of rotatable bonds is 2. The fraction of sp³-hybridized carbons (Fsp3) is 0.0769. The molecule has 0 saturated carbocycles. The molecule has 0 heterocycles. The second kappa shape index (κ2) is 8.45. The fourth-order valence-corrected chi connectivity index (χ4v) is 2.71. The molecule has 0 saturated heterocycles. The normalized spacial score (nSPS) is 10.5. The second-order valence-corrected chi connectivity index (χ2v) is 7.28. The first kappa shape index (κ1) is 20.4. The highest BCUT2D eigenvalue weighted by Crippen LogP contribution is 2.22. The van der Waals surface area contributed by atoms with Crippen molar-refractivity contribution >= 4 is 55.2 Å². The Morgan fingerprint density at radius 1 is 1.12 bits per heavy atom. The lowest BCUT2D eigenvalue weighted by molar-refractivity contribution is 0.483. The van der Waals surface area contributed by atoms with Crippen LogP contribution in [0.25, 0.3) is 0 Å². The number of hydrogen-bond acceptors (Lipinski definition) is 6. The lowest BCUT2D eigenvalue weighted by Crippen LogP contribution is -1.97. The summed E-state index contributed by atoms with van der Waals surface area (Å²) in [5, 5.41) is 1.15. The Morgan fingerprint density at radius 3 is 2.17 bits per heavy atom. The van der Waals surface area contributed by atoms with E-state index in [0.29, 0.717) is 21.3 Å². The SMILES string of the molecule is Cc1cc(S(=O)(=O)O)ccc1N=S(=O)=O.Nc1cc(Cl)ccc1Cl. The molecule has 2 aromatic rings. The molecule has 0 aliphatic carbocycles. The third-order valence-electron chi connectivity index (χ3n) is 2.60. The molecule has 3 N–H and O–H groups in total. The molecular formula is C13H12Cl2N2O5S2. The smallest absolute Gasteiger partial charge is 0.316 e. The van der Waals surface area contributed by atoms with Crippen molar-refractivity contribution in [1.29, 1.82) is 0 Å². The number of nitrogens with zero attached hydrogens (tertiary/aromatic N) is 1. The van der Waals surface area contributed by atoms with Gasteiger partial charge in [-0.1, -0.05) is 23.2 Å². The molecule has 24 heavy (non-hydrogen) atoms. The zero-order valence-electron chi connectivity index (χ0n) is 12.1. The van der Waals surface area contributed by atoms with Gasteiger partial charge in [0, 0.05) is 5.02 Å². The molecule has 7 nitrogen and oxygen atoms in total. The standard InChI is InChI=1S/C7H7NO5S2.C6H5Cl2N/c1-5-4-6(15(11,12)13)2-3-7(5)8-14(9)10;7-4-1-2-5(8)6(9)3-4/h2-4H,1H3,(H,11,12,13);1-3H,9H2. The Hall–Kier alpha value is -1.65. The van der Waals surface area contributed by atoms with E-state index < -0.39 is 20.6 Å². The summed E-state index contributed by atoms with van der Waals surface area (Å²) in [6.45, 7) is 1.49. The first-order valence-corrected chi connectivity index (χ1v) is 9.33. The largest absolute Gasteiger partial charge is 0.397 e. The maximum absolute atomic E-state index is 10.7. The molecule has 0 amide bonds. The van der Waals surface area contributed by atoms with Crippen molar-refractivity contribution in [2.24, 2.45) is 4.36 Å². The first-order chi connectivity index (χ1) is 11.0. The molecule has 2 aromatic carbocycles. The lowest BCUT2D eigenvalue weighted by atomic mass is 10.2. The fourth-order valence-electron chi connectivity index (χ4n) is 1.49. The van der Waals surface area contributed by atoms with Crippen LogP contribution in [-0.2, 0) is 20.6 Å². The number of hydrogen-bond donors (Lipinski definition) is 2. The van der Waals surface area contributed by atoms with E-state index in [-0.39, 0.29) is 10.6 Å². The molecule has 2 rings (SSSR count). The number of nitrogens with two attached hydrogens (primary N) is 1. The van der Waals surface area contributed by atoms with Gasteiger partial charge in [-0.15, -0.1) is 4.36 Å². The van der Waals surface area contributed by atoms with Crippen LogP contribution in [0.1, 0.15) is 5.56 Å². The van der Waals surface area contributed by atoms with Crippen molar-refractivity contribution in [2.75, 3.05) is 5.73 Å². The second-order valence-electron chi connectivity index (χ2n) is 4.40. The predicted octanol–water partition coefficient (Wildman–Crippen LogP) is 3.51. The molecule has 0 spiro atoms. The van der Waals surface area contributed by atoms with E-state index in [4.69, 9.17) is 33.5 Å². The van der Waals surface area contributed by atoms with Crippen LogP contribution < -0.4 is 5.73 Å². The highest BCUT2D eigenvalue weighted by atomic mass is 35.5. The van der Waals surface area contributed by atoms with Crippen molar-refractivity contribution < 1.29 is 21.4 Å². The zero-order valence-corrected chi connectivity index (χ0v) is 15.3. The highest BCUT2D eigenvalue weighted by molar-refractivity contribution is 7.85. The summed E-state index contributed by atoms with van der Waals surface area (Å²) < 4.78 is 53.9. The molecule has 0 bridgehead atoms. The van der Waals surface area contributed by atoms with Gasteiger partial charge in [0.2, 0.25) is 0 Å². The molecule has 0 atom stereocenters. The van der Waals surface area contributed by atoms with Crippen LogP contribution in [0, 0.1) is 6.92 Å². The average molecular weight is 411 g/mol. The summed E-state index contributed by atoms with van der Waals surface area (Å²) in [6.07, 6.45) is 0. The Kier molecular flexibility index (Phi) is 7.18. The summed E-state index contributed by atoms with van der Waals surface area (Å²) in [6, 6.07) is 8.40. The Balaban J connectivity index is 0.000000272. The summed E-state index contributed by atoms with van der Waals surface area (Å²) in [5.41, 5.74) is 6.40. The van der Waals surface area contributed by atoms with Crippen LogP contribution in [0.4, 0.5) is 11.4 Å². The van der Waals surface area contributed by atoms with Gasteiger partial charge in [0.15, 0.2) is 0 Å². The molecule has 0 aromatic heterocycles. The summed E-state index contributed by atoms with van der Waals surface area (Å²) in [5.74, 6) is 0. The van der Waals surface area contributed by atoms with E-state index in [9.17, 15) is 16.8 Å². The maximum Gasteiger partial charge on any atom is 0.316 e. The number of halogens is 2. The van der Waals surface area contributed by atoms with Gasteiger partial charge in [-0.3, -0.25) is 4.55 Å². The van der Waals surface area contributed by atoms with Gasteiger partial charge in [-0.25, -0.2) is 0 Å². The molecule has 0 fully saturated rings. The molecule has 0 aliphatic rings. The van der Waals surface area contributed by atoms with E-state index in [0.717, 1.165) is 12.1 Å². The Morgan fingerprint density at radius 2 is 1.75 bits per heavy atom. The topological polar surface area (TPSA) is 127 Å². The molecule has 130 valence electrons. The van der Waals surface area contributed by atoms with Crippen LogP contribution in [0.15, 0.2) is 45.7 Å². The van der Waals surface area contributed by atoms with Gasteiger partial charge in [0.1, 0.15) is 0 Å². The predicted molar refractivity (Wildman–Crippen MR) is 92.9 cm³/mol. The molecule has 0 aliphatic heterocycles. The van der Waals surface area contributed by atoms with Gasteiger partial charge >= 0.3 is 10.5 Å². The van der Waals surface area contributed by atoms with E-state index in [1.54, 1.807) is 18.2 Å². The zero-order chi connectivity index (χ0) is 18.5. The lowest BCUT2D eigenvalue weighted by Gasteiger charge is -2.00. The average Bonchev–Trinajstić information content (AvgIpc) is 2.44. The van der Waals surface area contributed by atoms with Gasteiger partial charge in [0.25, 0.3) is 10.1 Å². The third-order valence-corrected chi connectivity index (χ3v) is 4.37. The number of anilines is 1. The summed E-state index contributed by atoms with van der Waals surface area (Å²) >= 11 is 11.2. The quantitative estimate of drug-likeness (QED) is 0.575. The molecule has 0 radical (unpaired) electrons. The minimum absolute atomic E-state index is 0.135. The molecule has 11 heteroatoms. The van der Waals surface area contributed by atoms with E-state index in [1.807, 2.05) is 0 Å². The Labute approximate surface area is 150 Å². The van der Waals surface area contributed by atoms with Gasteiger partial charge in [-0.05, 0) is 48.9 Å². The van der Waals surface area contributed by atoms with E-state index in [2.05, 4.69) is 4.36 Å². The van der Waals surface area contributed by atoms with Crippen LogP contribution in [-0.4, -0.2) is 21.4 Å². The number of aryl methyl sites for hydroxylation is 1. The van der Waals surface area contributed by atoms with Crippen LogP contribution in [0.2, 0.25) is 10.0 Å². The van der Waals surface area contributed by atoms with Gasteiger partial charge < -0.3 is 5.73 Å². The maximum atomic E-state index is 10.7. The summed E-state index contributed by atoms with van der Waals surface area (Å²) in [4.78, 5) is -0.296. The molecule has 0 unspecified atom stereocenters. The van der Waals surface area contributed by atoms with Crippen LogP contribution in [0.5, 0.6) is 0 Å². The van der Waals surface area contributed by atoms with Gasteiger partial charge in [0.05, 0.1) is 21.3 Å². The summed E-state index contributed by atoms with van der Waals surface area (Å²) in [7, 11) is -6.86. The van der Waals surface area contributed by atoms with Gasteiger partial charge in [-0.2, -0.15) is 16.8 Å². The van der Waals surface area contributed by atoms with Crippen LogP contribution in [0.3, 0.4) is 0 Å². The first-order valence-electron chi connectivity index (χ1n) is 6.10.